The molecular weight excluding hydrogens is 1440 g/mol. The second-order valence-electron chi connectivity index (χ2n) is 26.8. The highest BCUT2D eigenvalue weighted by Crippen LogP contribution is 2.41. The number of hydrogen-bond acceptors (Lipinski definition) is 41. The summed E-state index contributed by atoms with van der Waals surface area (Å²) in [5.74, 6) is -9.12. The molecule has 0 saturated carbocycles. The summed E-state index contributed by atoms with van der Waals surface area (Å²) in [5, 5.41) is 252. The van der Waals surface area contributed by atoms with Crippen molar-refractivity contribution in [1.82, 2.24) is 21.3 Å². The van der Waals surface area contributed by atoms with Crippen LogP contribution >= 0.6 is 0 Å². The van der Waals surface area contributed by atoms with E-state index in [0.717, 1.165) is 27.7 Å². The van der Waals surface area contributed by atoms with E-state index in [1.54, 1.807) is 0 Å². The van der Waals surface area contributed by atoms with Crippen LogP contribution < -0.4 is 21.3 Å². The van der Waals surface area contributed by atoms with Gasteiger partial charge in [0.2, 0.25) is 23.6 Å². The Morgan fingerprint density at radius 3 is 1.33 bits per heavy atom. The van der Waals surface area contributed by atoms with Crippen molar-refractivity contribution in [3.05, 3.63) is 0 Å². The SMILES string of the molecule is CC(=O)N[C@@H]1[C@@H](O[C@@H]2O[C@H](CO)[C@@H](O)[C@H](O[C@@H]3O[C@H](CO)[C@H](O)[C@H](O)[C@H]3O[C@@H]3O[C@@H](C)[C@@H](O)[C@@H](O)[C@@H]3O)[C@H]2NC(C)=O)[C@@H](O)[C@@H](CO[C@@H]2O[C@H](CO)[C@@H](O[C@@H]3O[C@H](CO)[C@H](O)[C@H](O[C@]4(C(=O)O)C[C@H](O)[C@@H](NC(C)=O)[C@H]([C@H](O)[C@H](O)CO)O4)[C@H]3O)[C@H](O[C@@H]3O[C@@H](C)[C@@H](O)[C@@H](O)[C@@H]3O)[C@H]2NC(C)=O)O[C@@H]1O. The third-order valence-electron chi connectivity index (χ3n) is 19.1. The predicted octanol–water partition coefficient (Wildman–Crippen LogP) is -16.6. The Hall–Kier alpha value is -4.09. The molecule has 0 aromatic rings. The molecule has 8 aliphatic rings. The van der Waals surface area contributed by atoms with E-state index in [9.17, 15) is 136 Å². The lowest BCUT2D eigenvalue weighted by atomic mass is 9.88. The van der Waals surface area contributed by atoms with Crippen LogP contribution in [0.2, 0.25) is 0 Å². The normalized spacial score (nSPS) is 47.5. The summed E-state index contributed by atoms with van der Waals surface area (Å²) in [6, 6.07) is -7.46. The topological polar surface area (TPSA) is 717 Å². The molecule has 46 heteroatoms. The number of rotatable bonds is 27. The molecule has 105 heavy (non-hydrogen) atoms. The number of carbonyl (C=O) groups excluding carboxylic acids is 4. The van der Waals surface area contributed by atoms with Gasteiger partial charge in [-0.2, -0.15) is 0 Å². The molecule has 41 atom stereocenters. The highest BCUT2D eigenvalue weighted by atomic mass is 16.8. The fourth-order valence-electron chi connectivity index (χ4n) is 13.6. The average Bonchev–Trinajstić information content (AvgIpc) is 0.760. The van der Waals surface area contributed by atoms with Crippen LogP contribution in [0.25, 0.3) is 0 Å². The molecule has 8 fully saturated rings. The molecule has 0 spiro atoms. The Kier molecular flexibility index (Phi) is 30.3. The van der Waals surface area contributed by atoms with Crippen molar-refractivity contribution in [3.63, 3.8) is 0 Å². The molecule has 8 aliphatic heterocycles. The monoisotopic (exact) mass is 1530 g/mol. The van der Waals surface area contributed by atoms with Crippen molar-refractivity contribution >= 4 is 29.6 Å². The predicted molar refractivity (Wildman–Crippen MR) is 325 cm³/mol. The minimum Gasteiger partial charge on any atom is -0.477 e. The minimum absolute atomic E-state index is 0.866. The largest absolute Gasteiger partial charge is 0.477 e. The van der Waals surface area contributed by atoms with Gasteiger partial charge in [-0.3, -0.25) is 19.2 Å². The Morgan fingerprint density at radius 2 is 0.819 bits per heavy atom. The van der Waals surface area contributed by atoms with Gasteiger partial charge < -0.3 is 205 Å². The summed E-state index contributed by atoms with van der Waals surface area (Å²) in [6.07, 6.45) is -74.5. The Bertz CT molecular complexity index is 2840. The highest BCUT2D eigenvalue weighted by Gasteiger charge is 2.63. The standard InChI is InChI=1S/C59H98N4O42/c1-14-31(75)38(82)41(85)54(92-14)102-48-30(63-19(6)72)52(98-25(12-68)44(48)99-56-43(87)49(36(80)24(11-67)96-56)105-59(58(89)90)7-20(73)27(60-16(3)69)47(104-59)33(77)21(74)8-64)91-13-26-37(81)45(28(51(88)94-26)61-17(4)70)100-53-29(62-18(5)71)46(35(79)23(10-66)95-53)101-57-50(40(84)34(78)22(9-65)97-57)103-55-42(86)39(83)32(76)15(2)93-55/h14-15,20-57,64-68,73-88H,7-13H2,1-6H3,(H,60,69)(H,61,70)(H,62,71)(H,63,72)(H,89,90)/t14-,15-,20-,21+,22+,23+,24+,25+,26+,27+,28+,29+,30+,31+,32+,33+,34-,35+,36-,37-,38+,39+,40-,41-,42-,43+,44+,45+,46+,47+,48+,49-,50+,51-,52+,53-,54-,55-,56-,57-,59-/m0/s1. The number of amides is 4. The van der Waals surface area contributed by atoms with Gasteiger partial charge in [0.1, 0.15) is 177 Å². The number of aliphatic carboxylic acids is 1. The van der Waals surface area contributed by atoms with Crippen LogP contribution in [0.3, 0.4) is 0 Å². The molecule has 0 unspecified atom stereocenters. The van der Waals surface area contributed by atoms with Gasteiger partial charge in [-0.15, -0.1) is 0 Å². The van der Waals surface area contributed by atoms with E-state index in [1.807, 2.05) is 0 Å². The third kappa shape index (κ3) is 19.1. The molecule has 26 N–H and O–H groups in total. The molecule has 0 bridgehead atoms. The van der Waals surface area contributed by atoms with Crippen molar-refractivity contribution in [1.29, 1.82) is 0 Å². The van der Waals surface area contributed by atoms with E-state index < -0.39 is 327 Å². The number of ether oxygens (including phenoxy) is 15. The molecule has 4 amide bonds. The molecule has 606 valence electrons. The van der Waals surface area contributed by atoms with Crippen molar-refractivity contribution in [2.45, 2.75) is 299 Å². The molecule has 8 saturated heterocycles. The summed E-state index contributed by atoms with van der Waals surface area (Å²) in [5.41, 5.74) is 0. The molecule has 46 nitrogen and oxygen atoms in total. The summed E-state index contributed by atoms with van der Waals surface area (Å²) in [6.45, 7) is -0.474. The van der Waals surface area contributed by atoms with Crippen molar-refractivity contribution in [3.8, 4) is 0 Å². The second-order valence-corrected chi connectivity index (χ2v) is 26.8. The van der Waals surface area contributed by atoms with Gasteiger partial charge in [0.15, 0.2) is 44.0 Å². The maximum Gasteiger partial charge on any atom is 0.364 e. The van der Waals surface area contributed by atoms with Gasteiger partial charge in [0.05, 0.1) is 64.0 Å². The van der Waals surface area contributed by atoms with Crippen LogP contribution in [0, 0.1) is 0 Å². The van der Waals surface area contributed by atoms with Gasteiger partial charge in [-0.05, 0) is 13.8 Å². The molecule has 0 aromatic carbocycles. The molecule has 0 radical (unpaired) electrons. The lowest BCUT2D eigenvalue weighted by Gasteiger charge is -2.52. The van der Waals surface area contributed by atoms with E-state index >= 15 is 0 Å². The fraction of sp³-hybridized carbons (Fsp3) is 0.915. The minimum atomic E-state index is -3.30. The molecule has 0 aromatic heterocycles. The van der Waals surface area contributed by atoms with E-state index in [0.29, 0.717) is 0 Å². The first-order chi connectivity index (χ1) is 49.4. The van der Waals surface area contributed by atoms with E-state index in [2.05, 4.69) is 21.3 Å². The van der Waals surface area contributed by atoms with E-state index in [-0.39, 0.29) is 0 Å². The van der Waals surface area contributed by atoms with Crippen molar-refractivity contribution < 1.29 is 207 Å². The van der Waals surface area contributed by atoms with Gasteiger partial charge >= 0.3 is 5.97 Å². The third-order valence-corrected chi connectivity index (χ3v) is 19.1. The number of carboxylic acid groups (broad SMARTS) is 1. The zero-order valence-corrected chi connectivity index (χ0v) is 57.0. The molecule has 0 aliphatic carbocycles. The number of carbonyl (C=O) groups is 5. The van der Waals surface area contributed by atoms with Gasteiger partial charge in [0.25, 0.3) is 5.79 Å². The van der Waals surface area contributed by atoms with Crippen molar-refractivity contribution in [2.24, 2.45) is 0 Å². The first-order valence-corrected chi connectivity index (χ1v) is 33.5. The van der Waals surface area contributed by atoms with E-state index in [1.165, 1.54) is 13.8 Å². The lowest BCUT2D eigenvalue weighted by Crippen LogP contribution is -2.72. The zero-order chi connectivity index (χ0) is 77.9. The average molecular weight is 1540 g/mol. The highest BCUT2D eigenvalue weighted by molar-refractivity contribution is 5.77. The van der Waals surface area contributed by atoms with Crippen LogP contribution in [0.1, 0.15) is 48.0 Å². The van der Waals surface area contributed by atoms with Crippen LogP contribution in [-0.2, 0) is 95.0 Å². The summed E-state index contributed by atoms with van der Waals surface area (Å²) < 4.78 is 89.2. The first kappa shape index (κ1) is 86.5. The van der Waals surface area contributed by atoms with Crippen LogP contribution in [0.4, 0.5) is 0 Å². The van der Waals surface area contributed by atoms with Gasteiger partial charge in [-0.1, -0.05) is 0 Å². The summed E-state index contributed by atoms with van der Waals surface area (Å²) >= 11 is 0. The number of nitrogens with one attached hydrogen (secondary N) is 4. The zero-order valence-electron chi connectivity index (χ0n) is 57.0. The quantitative estimate of drug-likeness (QED) is 0.0363. The van der Waals surface area contributed by atoms with E-state index in [4.69, 9.17) is 71.1 Å². The van der Waals surface area contributed by atoms with Crippen LogP contribution in [-0.4, -0.2) is 433 Å². The second kappa shape index (κ2) is 36.8. The maximum absolute atomic E-state index is 13.4. The fourth-order valence-corrected chi connectivity index (χ4v) is 13.6. The summed E-state index contributed by atoms with van der Waals surface area (Å²) in [4.78, 5) is 65.0. The van der Waals surface area contributed by atoms with Crippen LogP contribution in [0.5, 0.6) is 0 Å². The molecule has 8 heterocycles. The molecular formula is C59H98N4O42. The molecule has 8 rings (SSSR count). The Morgan fingerprint density at radius 1 is 0.410 bits per heavy atom. The Balaban J connectivity index is 1.10. The van der Waals surface area contributed by atoms with Gasteiger partial charge in [-0.25, -0.2) is 4.79 Å². The Labute approximate surface area is 595 Å². The smallest absolute Gasteiger partial charge is 0.364 e. The number of aliphatic hydroxyl groups is 21. The van der Waals surface area contributed by atoms with Crippen molar-refractivity contribution in [2.75, 3.05) is 39.6 Å². The number of hydrogen-bond donors (Lipinski definition) is 26. The number of aliphatic hydroxyl groups excluding tert-OH is 21. The maximum atomic E-state index is 13.4. The van der Waals surface area contributed by atoms with Crippen LogP contribution in [0.15, 0.2) is 0 Å². The lowest BCUT2D eigenvalue weighted by molar-refractivity contribution is -0.392. The first-order valence-electron chi connectivity index (χ1n) is 33.5. The van der Waals surface area contributed by atoms with Gasteiger partial charge in [0, 0.05) is 34.1 Å². The summed E-state index contributed by atoms with van der Waals surface area (Å²) in [7, 11) is 0. The number of carboxylic acids is 1.